The van der Waals surface area contributed by atoms with Crippen molar-refractivity contribution in [2.75, 3.05) is 6.61 Å². The number of aromatic nitrogens is 1. The van der Waals surface area contributed by atoms with Gasteiger partial charge in [-0.1, -0.05) is 32.0 Å². The lowest BCUT2D eigenvalue weighted by atomic mass is 10.1. The van der Waals surface area contributed by atoms with Crippen LogP contribution in [0.25, 0.3) is 10.9 Å². The maximum absolute atomic E-state index is 5.60. The highest BCUT2D eigenvalue weighted by Gasteiger charge is 2.05. The van der Waals surface area contributed by atoms with Gasteiger partial charge in [0.15, 0.2) is 0 Å². The van der Waals surface area contributed by atoms with E-state index in [2.05, 4.69) is 48.9 Å². The Kier molecular flexibility index (Phi) is 3.62. The molecule has 0 unspecified atom stereocenters. The van der Waals surface area contributed by atoms with E-state index in [4.69, 9.17) is 4.74 Å². The average Bonchev–Trinajstić information content (AvgIpc) is 2.68. The maximum Gasteiger partial charge on any atom is 0.122 e. The molecule has 0 spiro atoms. The molecule has 1 heterocycles. The van der Waals surface area contributed by atoms with Crippen molar-refractivity contribution in [2.45, 2.75) is 33.4 Å². The fourth-order valence-electron chi connectivity index (χ4n) is 2.02. The van der Waals surface area contributed by atoms with Gasteiger partial charge in [-0.05, 0) is 24.5 Å². The topological polar surface area (TPSA) is 14.2 Å². The van der Waals surface area contributed by atoms with E-state index in [1.807, 2.05) is 0 Å². The van der Waals surface area contributed by atoms with Gasteiger partial charge in [-0.3, -0.25) is 0 Å². The number of hydrogen-bond donors (Lipinski definition) is 0. The Bertz CT molecular complexity index is 459. The first-order chi connectivity index (χ1) is 7.86. The van der Waals surface area contributed by atoms with Crippen LogP contribution in [0.1, 0.15) is 25.8 Å². The molecule has 2 heteroatoms. The molecule has 0 amide bonds. The van der Waals surface area contributed by atoms with Gasteiger partial charge in [0.2, 0.25) is 0 Å². The van der Waals surface area contributed by atoms with Crippen LogP contribution >= 0.6 is 0 Å². The fraction of sp³-hybridized carbons (Fsp3) is 0.429. The summed E-state index contributed by atoms with van der Waals surface area (Å²) in [6.45, 7) is 5.81. The molecular formula is C14H19NO. The van der Waals surface area contributed by atoms with Gasteiger partial charge in [0.05, 0.1) is 5.52 Å². The number of ether oxygens (including phenoxy) is 1. The van der Waals surface area contributed by atoms with E-state index in [1.165, 1.54) is 16.5 Å². The second kappa shape index (κ2) is 5.17. The zero-order valence-corrected chi connectivity index (χ0v) is 10.1. The Morgan fingerprint density at radius 1 is 1.19 bits per heavy atom. The van der Waals surface area contributed by atoms with Gasteiger partial charge in [0.25, 0.3) is 0 Å². The highest BCUT2D eigenvalue weighted by Crippen LogP contribution is 2.21. The van der Waals surface area contributed by atoms with Crippen molar-refractivity contribution >= 4 is 10.9 Å². The van der Waals surface area contributed by atoms with Crippen LogP contribution < -0.4 is 0 Å². The van der Waals surface area contributed by atoms with E-state index in [1.54, 1.807) is 0 Å². The van der Waals surface area contributed by atoms with Gasteiger partial charge in [0.1, 0.15) is 6.73 Å². The minimum Gasteiger partial charge on any atom is -0.361 e. The van der Waals surface area contributed by atoms with E-state index in [-0.39, 0.29) is 0 Å². The summed E-state index contributed by atoms with van der Waals surface area (Å²) in [4.78, 5) is 0. The Hall–Kier alpha value is -1.28. The summed E-state index contributed by atoms with van der Waals surface area (Å²) in [6.07, 6.45) is 4.35. The van der Waals surface area contributed by atoms with Gasteiger partial charge in [0, 0.05) is 18.2 Å². The minimum absolute atomic E-state index is 0.661. The van der Waals surface area contributed by atoms with E-state index >= 15 is 0 Å². The molecule has 1 aromatic carbocycles. The van der Waals surface area contributed by atoms with Crippen molar-refractivity contribution < 1.29 is 4.74 Å². The lowest BCUT2D eigenvalue weighted by Crippen LogP contribution is -2.01. The van der Waals surface area contributed by atoms with E-state index < -0.39 is 0 Å². The third kappa shape index (κ3) is 2.12. The molecule has 0 N–H and O–H groups in total. The standard InChI is InChI=1S/C14H19NO/c1-3-9-16-11-15-10-12(4-2)13-7-5-6-8-14(13)15/h5-8,10H,3-4,9,11H2,1-2H3. The number of rotatable bonds is 5. The Balaban J connectivity index is 2.30. The second-order valence-electron chi connectivity index (χ2n) is 4.03. The molecule has 2 rings (SSSR count). The molecule has 2 nitrogen and oxygen atoms in total. The lowest BCUT2D eigenvalue weighted by Gasteiger charge is -2.05. The van der Waals surface area contributed by atoms with Crippen LogP contribution in [-0.4, -0.2) is 11.2 Å². The highest BCUT2D eigenvalue weighted by atomic mass is 16.5. The summed E-state index contributed by atoms with van der Waals surface area (Å²) in [6, 6.07) is 8.52. The summed E-state index contributed by atoms with van der Waals surface area (Å²) in [7, 11) is 0. The normalized spacial score (nSPS) is 11.1. The Morgan fingerprint density at radius 3 is 2.75 bits per heavy atom. The van der Waals surface area contributed by atoms with Crippen molar-refractivity contribution in [2.24, 2.45) is 0 Å². The van der Waals surface area contributed by atoms with E-state index in [9.17, 15) is 0 Å². The predicted octanol–water partition coefficient (Wildman–Crippen LogP) is 3.59. The lowest BCUT2D eigenvalue weighted by molar-refractivity contribution is 0.0803. The van der Waals surface area contributed by atoms with Crippen molar-refractivity contribution in [3.05, 3.63) is 36.0 Å². The van der Waals surface area contributed by atoms with Crippen molar-refractivity contribution in [1.82, 2.24) is 4.57 Å². The van der Waals surface area contributed by atoms with Crippen LogP contribution in [0.15, 0.2) is 30.5 Å². The van der Waals surface area contributed by atoms with Gasteiger partial charge < -0.3 is 9.30 Å². The summed E-state index contributed by atoms with van der Waals surface area (Å²) in [5.74, 6) is 0. The molecule has 2 aromatic rings. The largest absolute Gasteiger partial charge is 0.361 e. The summed E-state index contributed by atoms with van der Waals surface area (Å²) in [5.41, 5.74) is 2.67. The van der Waals surface area contributed by atoms with Gasteiger partial charge in [-0.2, -0.15) is 0 Å². The molecule has 0 radical (unpaired) electrons. The van der Waals surface area contributed by atoms with Gasteiger partial charge in [-0.25, -0.2) is 0 Å². The Labute approximate surface area is 96.8 Å². The monoisotopic (exact) mass is 217 g/mol. The van der Waals surface area contributed by atoms with Crippen LogP contribution in [0.5, 0.6) is 0 Å². The van der Waals surface area contributed by atoms with E-state index in [0.717, 1.165) is 19.4 Å². The van der Waals surface area contributed by atoms with Crippen LogP contribution in [0.3, 0.4) is 0 Å². The van der Waals surface area contributed by atoms with Gasteiger partial charge >= 0.3 is 0 Å². The van der Waals surface area contributed by atoms with Crippen LogP contribution in [0.2, 0.25) is 0 Å². The third-order valence-corrected chi connectivity index (χ3v) is 2.83. The number of para-hydroxylation sites is 1. The number of benzene rings is 1. The molecule has 0 aliphatic carbocycles. The SMILES string of the molecule is CCCOCn1cc(CC)c2ccccc21. The van der Waals surface area contributed by atoms with Crippen LogP contribution in [0.4, 0.5) is 0 Å². The quantitative estimate of drug-likeness (QED) is 0.698. The molecule has 0 saturated carbocycles. The average molecular weight is 217 g/mol. The van der Waals surface area contributed by atoms with Crippen molar-refractivity contribution in [3.8, 4) is 0 Å². The molecule has 0 bridgehead atoms. The predicted molar refractivity (Wildman–Crippen MR) is 67.6 cm³/mol. The third-order valence-electron chi connectivity index (χ3n) is 2.83. The maximum atomic E-state index is 5.60. The second-order valence-corrected chi connectivity index (χ2v) is 4.03. The first-order valence-corrected chi connectivity index (χ1v) is 6.01. The smallest absolute Gasteiger partial charge is 0.122 e. The number of hydrogen-bond acceptors (Lipinski definition) is 1. The molecule has 86 valence electrons. The Morgan fingerprint density at radius 2 is 2.00 bits per heavy atom. The van der Waals surface area contributed by atoms with E-state index in [0.29, 0.717) is 6.73 Å². The zero-order chi connectivity index (χ0) is 11.4. The molecule has 1 aromatic heterocycles. The molecule has 0 atom stereocenters. The molecule has 0 saturated heterocycles. The van der Waals surface area contributed by atoms with Gasteiger partial charge in [-0.15, -0.1) is 0 Å². The first kappa shape index (κ1) is 11.2. The van der Waals surface area contributed by atoms with Crippen molar-refractivity contribution in [3.63, 3.8) is 0 Å². The molecule has 0 aliphatic heterocycles. The number of fused-ring (bicyclic) bond motifs is 1. The summed E-state index contributed by atoms with van der Waals surface area (Å²) in [5, 5.41) is 1.35. The van der Waals surface area contributed by atoms with Crippen molar-refractivity contribution in [1.29, 1.82) is 0 Å². The molecular weight excluding hydrogens is 198 g/mol. The fourth-order valence-corrected chi connectivity index (χ4v) is 2.02. The molecule has 0 fully saturated rings. The van der Waals surface area contributed by atoms with Crippen LogP contribution in [-0.2, 0) is 17.9 Å². The minimum atomic E-state index is 0.661. The summed E-state index contributed by atoms with van der Waals surface area (Å²) >= 11 is 0. The molecule has 0 aliphatic rings. The molecule has 16 heavy (non-hydrogen) atoms. The number of aryl methyl sites for hydroxylation is 1. The van der Waals surface area contributed by atoms with Crippen LogP contribution in [0, 0.1) is 0 Å². The zero-order valence-electron chi connectivity index (χ0n) is 10.1. The highest BCUT2D eigenvalue weighted by molar-refractivity contribution is 5.83. The first-order valence-electron chi connectivity index (χ1n) is 6.01. The number of nitrogens with zero attached hydrogens (tertiary/aromatic N) is 1. The summed E-state index contributed by atoms with van der Waals surface area (Å²) < 4.78 is 7.80.